The van der Waals surface area contributed by atoms with Crippen LogP contribution in [0.1, 0.15) is 58.1 Å². The Bertz CT molecular complexity index is 914. The summed E-state index contributed by atoms with van der Waals surface area (Å²) in [6, 6.07) is 8.20. The van der Waals surface area contributed by atoms with Gasteiger partial charge in [0.05, 0.1) is 21.5 Å². The van der Waals surface area contributed by atoms with Gasteiger partial charge in [0, 0.05) is 20.8 Å². The second kappa shape index (κ2) is 14.0. The molecule has 0 aliphatic heterocycles. The Morgan fingerprint density at radius 2 is 1.78 bits per heavy atom. The Kier molecular flexibility index (Phi) is 11.3. The summed E-state index contributed by atoms with van der Waals surface area (Å²) in [7, 11) is 2.74. The first kappa shape index (κ1) is 26.0. The molecule has 8 heteroatoms. The highest BCUT2D eigenvalue weighted by Gasteiger charge is 2.20. The van der Waals surface area contributed by atoms with Gasteiger partial charge < -0.3 is 20.5 Å². The summed E-state index contributed by atoms with van der Waals surface area (Å²) in [5, 5.41) is 14.8. The molecule has 0 radical (unpaired) electrons. The zero-order valence-electron chi connectivity index (χ0n) is 19.9. The third-order valence-electron chi connectivity index (χ3n) is 5.06. The molecule has 3 aromatic rings. The molecule has 2 aromatic heterocycles. The monoisotopic (exact) mass is 459 g/mol. The van der Waals surface area contributed by atoms with Crippen LogP contribution in [0, 0.1) is 6.92 Å². The summed E-state index contributed by atoms with van der Waals surface area (Å²) in [5.74, 6) is 1.43. The molecule has 0 aliphatic rings. The van der Waals surface area contributed by atoms with Gasteiger partial charge in [0.25, 0.3) is 0 Å². The Labute approximate surface area is 195 Å². The number of thiazole rings is 1. The van der Waals surface area contributed by atoms with Crippen molar-refractivity contribution in [3.05, 3.63) is 30.0 Å². The molecule has 0 fully saturated rings. The summed E-state index contributed by atoms with van der Waals surface area (Å²) >= 11 is 1.67. The van der Waals surface area contributed by atoms with Crippen LogP contribution < -0.4 is 10.6 Å². The summed E-state index contributed by atoms with van der Waals surface area (Å²) in [5.41, 5.74) is 2.86. The summed E-state index contributed by atoms with van der Waals surface area (Å²) in [6.45, 7) is 7.29. The smallest absolute Gasteiger partial charge is 0.224 e. The molecule has 0 aliphatic carbocycles. The van der Waals surface area contributed by atoms with Crippen LogP contribution in [0.4, 0.5) is 11.8 Å². The first-order chi connectivity index (χ1) is 15.7. The maximum Gasteiger partial charge on any atom is 0.224 e. The highest BCUT2D eigenvalue weighted by molar-refractivity contribution is 7.21. The maximum absolute atomic E-state index is 7.00. The third kappa shape index (κ3) is 7.12. The number of nitrogens with zero attached hydrogens (tertiary/aromatic N) is 3. The number of aromatic nitrogens is 3. The van der Waals surface area contributed by atoms with E-state index in [2.05, 4.69) is 30.5 Å². The van der Waals surface area contributed by atoms with Crippen molar-refractivity contribution in [2.75, 3.05) is 31.4 Å². The topological polar surface area (TPSA) is 92.2 Å². The summed E-state index contributed by atoms with van der Waals surface area (Å²) in [4.78, 5) is 14.4. The van der Waals surface area contributed by atoms with Crippen molar-refractivity contribution in [1.82, 2.24) is 15.0 Å². The minimum Gasteiger partial charge on any atom is -0.400 e. The van der Waals surface area contributed by atoms with Crippen LogP contribution in [0.2, 0.25) is 0 Å². The number of unbranched alkanes of at least 4 members (excludes halogenated alkanes) is 3. The molecule has 176 valence electrons. The lowest BCUT2D eigenvalue weighted by atomic mass is 10.2. The van der Waals surface area contributed by atoms with E-state index in [0.29, 0.717) is 5.95 Å². The molecule has 1 atom stereocenters. The number of rotatable bonds is 12. The van der Waals surface area contributed by atoms with Crippen LogP contribution in [0.15, 0.2) is 24.3 Å². The van der Waals surface area contributed by atoms with Crippen LogP contribution in [0.5, 0.6) is 0 Å². The van der Waals surface area contributed by atoms with Crippen LogP contribution in [0.25, 0.3) is 20.8 Å². The first-order valence-electron chi connectivity index (χ1n) is 11.4. The Hall–Kier alpha value is -2.29. The number of fused-ring (bicyclic) bond motifs is 1. The van der Waals surface area contributed by atoms with Crippen LogP contribution in [0.3, 0.4) is 0 Å². The van der Waals surface area contributed by atoms with Gasteiger partial charge in [0.15, 0.2) is 0 Å². The molecule has 2 heterocycles. The van der Waals surface area contributed by atoms with E-state index in [1.807, 2.05) is 25.1 Å². The Morgan fingerprint density at radius 3 is 2.47 bits per heavy atom. The molecule has 3 N–H and O–H groups in total. The van der Waals surface area contributed by atoms with Crippen molar-refractivity contribution in [2.45, 2.75) is 65.5 Å². The van der Waals surface area contributed by atoms with Gasteiger partial charge >= 0.3 is 0 Å². The average Bonchev–Trinajstić information content (AvgIpc) is 3.24. The third-order valence-corrected chi connectivity index (χ3v) is 6.12. The van der Waals surface area contributed by atoms with Crippen LogP contribution in [-0.4, -0.2) is 47.1 Å². The van der Waals surface area contributed by atoms with Gasteiger partial charge in [-0.15, -0.1) is 11.3 Å². The minimum absolute atomic E-state index is 0.0969. The van der Waals surface area contributed by atoms with E-state index < -0.39 is 0 Å². The van der Waals surface area contributed by atoms with Gasteiger partial charge in [-0.25, -0.2) is 9.97 Å². The molecule has 3 rings (SSSR count). The fraction of sp³-hybridized carbons (Fsp3) is 0.542. The van der Waals surface area contributed by atoms with Crippen LogP contribution in [-0.2, 0) is 4.74 Å². The van der Waals surface area contributed by atoms with Gasteiger partial charge in [-0.2, -0.15) is 4.98 Å². The number of benzene rings is 1. The molecule has 7 nitrogen and oxygen atoms in total. The van der Waals surface area contributed by atoms with Crippen molar-refractivity contribution < 1.29 is 9.84 Å². The van der Waals surface area contributed by atoms with Crippen molar-refractivity contribution in [3.63, 3.8) is 0 Å². The van der Waals surface area contributed by atoms with Gasteiger partial charge in [-0.1, -0.05) is 45.2 Å². The first-order valence-corrected chi connectivity index (χ1v) is 12.2. The van der Waals surface area contributed by atoms with Crippen molar-refractivity contribution in [3.8, 4) is 10.6 Å². The number of aliphatic hydroxyl groups excluding tert-OH is 1. The predicted molar refractivity (Wildman–Crippen MR) is 135 cm³/mol. The zero-order valence-corrected chi connectivity index (χ0v) is 20.8. The molecule has 0 amide bonds. The minimum atomic E-state index is -0.0969. The lowest BCUT2D eigenvalue weighted by molar-refractivity contribution is 0.116. The van der Waals surface area contributed by atoms with E-state index in [4.69, 9.17) is 24.8 Å². The fourth-order valence-corrected chi connectivity index (χ4v) is 4.42. The van der Waals surface area contributed by atoms with Crippen molar-refractivity contribution in [1.29, 1.82) is 0 Å². The molecule has 0 spiro atoms. The number of anilines is 2. The average molecular weight is 460 g/mol. The molecule has 1 aromatic carbocycles. The number of aliphatic hydroxyl groups is 1. The number of nitrogens with one attached hydrogen (secondary N) is 2. The van der Waals surface area contributed by atoms with Gasteiger partial charge in [0.2, 0.25) is 5.95 Å². The van der Waals surface area contributed by atoms with E-state index in [1.165, 1.54) is 12.8 Å². The van der Waals surface area contributed by atoms with Gasteiger partial charge in [-0.3, -0.25) is 0 Å². The largest absolute Gasteiger partial charge is 0.400 e. The molecule has 0 saturated heterocycles. The van der Waals surface area contributed by atoms with E-state index in [-0.39, 0.29) is 6.23 Å². The predicted octanol–water partition coefficient (Wildman–Crippen LogP) is 5.85. The number of methoxy groups -OCH3 is 1. The van der Waals surface area contributed by atoms with Gasteiger partial charge in [0.1, 0.15) is 17.1 Å². The molecule has 1 unspecified atom stereocenters. The van der Waals surface area contributed by atoms with Crippen LogP contribution >= 0.6 is 11.3 Å². The normalized spacial score (nSPS) is 11.7. The highest BCUT2D eigenvalue weighted by atomic mass is 32.1. The Morgan fingerprint density at radius 1 is 1.03 bits per heavy atom. The number of hydrogen-bond acceptors (Lipinski definition) is 8. The fourth-order valence-electron chi connectivity index (χ4n) is 3.36. The number of para-hydroxylation sites is 1. The molecular formula is C24H37N5O2S. The number of ether oxygens (including phenoxy) is 1. The molecule has 0 saturated carbocycles. The standard InChI is InChI=1S/C23H33N5OS.CH4O/c1-5-7-11-15-24-23-25-16(3)20(21(28-23)27-19(29-4)14-8-6-2)22-26-17-12-9-10-13-18(17)30-22;1-2/h9-10,12-13,19H,5-8,11,14-15H2,1-4H3,(H2,24,25,27,28);2H,1H3. The second-order valence-corrected chi connectivity index (χ2v) is 8.52. The summed E-state index contributed by atoms with van der Waals surface area (Å²) < 4.78 is 6.85. The van der Waals surface area contributed by atoms with E-state index in [0.717, 1.165) is 71.6 Å². The van der Waals surface area contributed by atoms with E-state index >= 15 is 0 Å². The lowest BCUT2D eigenvalue weighted by Gasteiger charge is -2.20. The molecule has 0 bridgehead atoms. The number of aryl methyl sites for hydroxylation is 1. The Balaban J connectivity index is 0.00000176. The van der Waals surface area contributed by atoms with E-state index in [1.54, 1.807) is 18.4 Å². The SMILES string of the molecule is CCCCCNc1nc(C)c(-c2nc3ccccc3s2)c(NC(CCCC)OC)n1.CO. The van der Waals surface area contributed by atoms with Crippen molar-refractivity contribution >= 4 is 33.3 Å². The number of hydrogen-bond donors (Lipinski definition) is 3. The zero-order chi connectivity index (χ0) is 23.3. The summed E-state index contributed by atoms with van der Waals surface area (Å²) in [6.07, 6.45) is 6.54. The quantitative estimate of drug-likeness (QED) is 0.231. The van der Waals surface area contributed by atoms with E-state index in [9.17, 15) is 0 Å². The molecule has 32 heavy (non-hydrogen) atoms. The second-order valence-electron chi connectivity index (χ2n) is 7.49. The van der Waals surface area contributed by atoms with Gasteiger partial charge in [-0.05, 0) is 38.3 Å². The maximum atomic E-state index is 7.00. The highest BCUT2D eigenvalue weighted by Crippen LogP contribution is 2.36. The van der Waals surface area contributed by atoms with Crippen molar-refractivity contribution in [2.24, 2.45) is 0 Å². The molecular weight excluding hydrogens is 422 g/mol. The lowest BCUT2D eigenvalue weighted by Crippen LogP contribution is -2.23.